The summed E-state index contributed by atoms with van der Waals surface area (Å²) in [4.78, 5) is 24.7. The van der Waals surface area contributed by atoms with Crippen molar-refractivity contribution in [1.82, 2.24) is 10.2 Å². The first-order valence-corrected chi connectivity index (χ1v) is 9.55. The molecule has 4 N–H and O–H groups in total. The molecule has 8 heteroatoms. The molecule has 1 aromatic heterocycles. The molecule has 2 aliphatic rings. The second kappa shape index (κ2) is 6.34. The molecule has 4 rings (SSSR count). The maximum Gasteiger partial charge on any atom is 0.339 e. The van der Waals surface area contributed by atoms with Crippen LogP contribution in [-0.2, 0) is 16.0 Å². The van der Waals surface area contributed by atoms with Crippen LogP contribution in [0.2, 0.25) is 0 Å². The number of rotatable bonds is 3. The molecule has 0 spiro atoms. The average Bonchev–Trinajstić information content (AvgIpc) is 3.16. The van der Waals surface area contributed by atoms with Crippen molar-refractivity contribution in [2.24, 2.45) is 5.73 Å². The SMILES string of the molecule is NC(=O)C1(OC(=O)c2ccc3c(c2)-c2n[nH]c(I)c2C3)CCC(O)CC1. The van der Waals surface area contributed by atoms with Gasteiger partial charge in [0.15, 0.2) is 5.60 Å². The lowest BCUT2D eigenvalue weighted by molar-refractivity contribution is -0.143. The Bertz CT molecular complexity index is 900. The fourth-order valence-corrected chi connectivity index (χ4v) is 4.27. The number of esters is 1. The molecular formula is C18H18IN3O4. The van der Waals surface area contributed by atoms with E-state index in [9.17, 15) is 14.7 Å². The number of aromatic amines is 1. The molecule has 1 amide bonds. The molecule has 0 radical (unpaired) electrons. The zero-order valence-electron chi connectivity index (χ0n) is 13.9. The quantitative estimate of drug-likeness (QED) is 0.402. The summed E-state index contributed by atoms with van der Waals surface area (Å²) in [7, 11) is 0. The van der Waals surface area contributed by atoms with E-state index in [1.54, 1.807) is 12.1 Å². The summed E-state index contributed by atoms with van der Waals surface area (Å²) in [5.41, 5.74) is 8.52. The van der Waals surface area contributed by atoms with Gasteiger partial charge in [0.05, 0.1) is 21.1 Å². The highest BCUT2D eigenvalue weighted by Gasteiger charge is 2.44. The number of nitrogens with two attached hydrogens (primary N) is 1. The third-order valence-electron chi connectivity index (χ3n) is 5.28. The predicted molar refractivity (Wildman–Crippen MR) is 101 cm³/mol. The highest BCUT2D eigenvalue weighted by molar-refractivity contribution is 14.1. The Kier molecular flexibility index (Phi) is 4.26. The first-order chi connectivity index (χ1) is 12.4. The topological polar surface area (TPSA) is 118 Å². The minimum atomic E-state index is -1.35. The lowest BCUT2D eigenvalue weighted by atomic mass is 9.82. The van der Waals surface area contributed by atoms with Crippen molar-refractivity contribution in [1.29, 1.82) is 0 Å². The summed E-state index contributed by atoms with van der Waals surface area (Å²) in [5, 5.41) is 16.9. The number of amides is 1. The van der Waals surface area contributed by atoms with E-state index >= 15 is 0 Å². The normalized spacial score (nSPS) is 24.0. The monoisotopic (exact) mass is 467 g/mol. The third-order valence-corrected chi connectivity index (χ3v) is 6.18. The zero-order chi connectivity index (χ0) is 18.5. The van der Waals surface area contributed by atoms with Gasteiger partial charge in [0, 0.05) is 17.5 Å². The van der Waals surface area contributed by atoms with Crippen LogP contribution >= 0.6 is 22.6 Å². The number of hydrogen-bond acceptors (Lipinski definition) is 5. The van der Waals surface area contributed by atoms with Crippen LogP contribution in [0.5, 0.6) is 0 Å². The molecule has 136 valence electrons. The maximum absolute atomic E-state index is 12.7. The summed E-state index contributed by atoms with van der Waals surface area (Å²) < 4.78 is 6.57. The van der Waals surface area contributed by atoms with Gasteiger partial charge in [-0.1, -0.05) is 6.07 Å². The molecule has 2 aromatic rings. The van der Waals surface area contributed by atoms with E-state index in [-0.39, 0.29) is 12.8 Å². The standard InChI is InChI=1S/C18H18IN3O4/c19-15-13-7-9-1-2-10(8-12(9)14(13)21-22-15)16(24)26-18(17(20)25)5-3-11(23)4-6-18/h1-2,8,11,23H,3-7H2,(H2,20,25)(H,21,22). The van der Waals surface area contributed by atoms with E-state index in [1.807, 2.05) is 6.07 Å². The molecule has 0 bridgehead atoms. The number of aliphatic hydroxyl groups is 1. The number of benzene rings is 1. The van der Waals surface area contributed by atoms with Gasteiger partial charge in [-0.3, -0.25) is 9.89 Å². The lowest BCUT2D eigenvalue weighted by Gasteiger charge is -2.35. The van der Waals surface area contributed by atoms with Gasteiger partial charge in [0.2, 0.25) is 0 Å². The van der Waals surface area contributed by atoms with Crippen LogP contribution in [0, 0.1) is 3.70 Å². The van der Waals surface area contributed by atoms with E-state index in [0.29, 0.717) is 18.4 Å². The van der Waals surface area contributed by atoms with Crippen molar-refractivity contribution in [3.05, 3.63) is 38.6 Å². The number of fused-ring (bicyclic) bond motifs is 3. The second-order valence-corrected chi connectivity index (χ2v) is 7.97. The number of aliphatic hydroxyl groups excluding tert-OH is 1. The fourth-order valence-electron chi connectivity index (χ4n) is 3.70. The molecule has 1 heterocycles. The largest absolute Gasteiger partial charge is 0.445 e. The molecule has 0 aliphatic heterocycles. The van der Waals surface area contributed by atoms with Crippen LogP contribution in [0.3, 0.4) is 0 Å². The third kappa shape index (κ3) is 2.81. The highest BCUT2D eigenvalue weighted by Crippen LogP contribution is 2.38. The van der Waals surface area contributed by atoms with E-state index in [1.165, 1.54) is 0 Å². The number of nitrogens with zero attached hydrogens (tertiary/aromatic N) is 1. The van der Waals surface area contributed by atoms with Gasteiger partial charge in [0.25, 0.3) is 5.91 Å². The average molecular weight is 467 g/mol. The number of aromatic nitrogens is 2. The molecule has 7 nitrogen and oxygen atoms in total. The number of ether oxygens (including phenoxy) is 1. The van der Waals surface area contributed by atoms with Gasteiger partial charge >= 0.3 is 5.97 Å². The van der Waals surface area contributed by atoms with Crippen LogP contribution < -0.4 is 5.73 Å². The van der Waals surface area contributed by atoms with E-state index in [0.717, 1.165) is 32.5 Å². The van der Waals surface area contributed by atoms with Gasteiger partial charge in [-0.25, -0.2) is 4.79 Å². The van der Waals surface area contributed by atoms with E-state index in [4.69, 9.17) is 10.5 Å². The minimum Gasteiger partial charge on any atom is -0.445 e. The predicted octanol–water partition coefficient (Wildman–Crippen LogP) is 1.90. The summed E-state index contributed by atoms with van der Waals surface area (Å²) >= 11 is 2.21. The van der Waals surface area contributed by atoms with E-state index in [2.05, 4.69) is 32.8 Å². The summed E-state index contributed by atoms with van der Waals surface area (Å²) in [5.74, 6) is -1.25. The maximum atomic E-state index is 12.7. The van der Waals surface area contributed by atoms with Gasteiger partial charge in [-0.05, 0) is 66.0 Å². The Morgan fingerprint density at radius 2 is 2.08 bits per heavy atom. The van der Waals surface area contributed by atoms with Crippen LogP contribution in [-0.4, -0.2) is 38.9 Å². The number of primary amides is 1. The van der Waals surface area contributed by atoms with Crippen molar-refractivity contribution >= 4 is 34.5 Å². The Hall–Kier alpha value is -1.94. The number of carbonyl (C=O) groups is 2. The zero-order valence-corrected chi connectivity index (χ0v) is 16.1. The lowest BCUT2D eigenvalue weighted by Crippen LogP contribution is -2.50. The second-order valence-electron chi connectivity index (χ2n) is 6.89. The molecule has 26 heavy (non-hydrogen) atoms. The Balaban J connectivity index is 1.61. The van der Waals surface area contributed by atoms with Gasteiger partial charge < -0.3 is 15.6 Å². The van der Waals surface area contributed by atoms with Gasteiger partial charge in [-0.2, -0.15) is 5.10 Å². The van der Waals surface area contributed by atoms with Crippen LogP contribution in [0.25, 0.3) is 11.3 Å². The first kappa shape index (κ1) is 17.5. The highest BCUT2D eigenvalue weighted by atomic mass is 127. The Morgan fingerprint density at radius 1 is 1.35 bits per heavy atom. The molecule has 0 unspecified atom stereocenters. The number of nitrogens with one attached hydrogen (secondary N) is 1. The van der Waals surface area contributed by atoms with Gasteiger partial charge in [-0.15, -0.1) is 0 Å². The van der Waals surface area contributed by atoms with Gasteiger partial charge in [0.1, 0.15) is 0 Å². The summed E-state index contributed by atoms with van der Waals surface area (Å²) in [6.45, 7) is 0. The van der Waals surface area contributed by atoms with Crippen LogP contribution in [0.15, 0.2) is 18.2 Å². The molecule has 2 aliphatic carbocycles. The van der Waals surface area contributed by atoms with Crippen molar-refractivity contribution < 1.29 is 19.4 Å². The van der Waals surface area contributed by atoms with Crippen molar-refractivity contribution in [2.75, 3.05) is 0 Å². The van der Waals surface area contributed by atoms with Crippen molar-refractivity contribution in [2.45, 2.75) is 43.8 Å². The Morgan fingerprint density at radius 3 is 2.77 bits per heavy atom. The number of H-pyrrole nitrogens is 1. The first-order valence-electron chi connectivity index (χ1n) is 8.47. The minimum absolute atomic E-state index is 0.238. The molecule has 0 saturated heterocycles. The Labute approximate surface area is 163 Å². The molecule has 1 aromatic carbocycles. The van der Waals surface area contributed by atoms with Crippen LogP contribution in [0.1, 0.15) is 47.2 Å². The van der Waals surface area contributed by atoms with Crippen molar-refractivity contribution in [3.8, 4) is 11.3 Å². The van der Waals surface area contributed by atoms with Crippen LogP contribution in [0.4, 0.5) is 0 Å². The molecule has 1 saturated carbocycles. The number of halogens is 1. The molecular weight excluding hydrogens is 449 g/mol. The van der Waals surface area contributed by atoms with E-state index < -0.39 is 23.6 Å². The summed E-state index contributed by atoms with van der Waals surface area (Å²) in [6, 6.07) is 5.36. The number of hydrogen-bond donors (Lipinski definition) is 3. The molecule has 1 fully saturated rings. The summed E-state index contributed by atoms with van der Waals surface area (Å²) in [6.07, 6.45) is 1.54. The van der Waals surface area contributed by atoms with Crippen molar-refractivity contribution in [3.63, 3.8) is 0 Å². The number of carbonyl (C=O) groups excluding carboxylic acids is 2. The fraction of sp³-hybridized carbons (Fsp3) is 0.389. The molecule has 0 atom stereocenters. The smallest absolute Gasteiger partial charge is 0.339 e.